The molecule has 0 spiro atoms. The third-order valence-electron chi connectivity index (χ3n) is 3.34. The Kier molecular flexibility index (Phi) is 5.89. The SMILES string of the molecule is COc1ccc(C)cc1/C=C/C(=O)Nc1ccc(F)c(NC(C)=O)c1. The van der Waals surface area contributed by atoms with Crippen molar-refractivity contribution in [1.29, 1.82) is 0 Å². The number of benzene rings is 2. The molecular formula is C19H19FN2O3. The fourth-order valence-corrected chi connectivity index (χ4v) is 2.22. The highest BCUT2D eigenvalue weighted by Gasteiger charge is 2.07. The zero-order chi connectivity index (χ0) is 18.4. The number of carbonyl (C=O) groups is 2. The summed E-state index contributed by atoms with van der Waals surface area (Å²) in [5.74, 6) is -0.699. The topological polar surface area (TPSA) is 67.4 Å². The lowest BCUT2D eigenvalue weighted by Crippen LogP contribution is -2.10. The van der Waals surface area contributed by atoms with Gasteiger partial charge in [0, 0.05) is 24.3 Å². The van der Waals surface area contributed by atoms with Crippen molar-refractivity contribution in [2.24, 2.45) is 0 Å². The molecule has 6 heteroatoms. The summed E-state index contributed by atoms with van der Waals surface area (Å²) in [6.45, 7) is 3.22. The fraction of sp³-hybridized carbons (Fsp3) is 0.158. The summed E-state index contributed by atoms with van der Waals surface area (Å²) in [6, 6.07) is 9.59. The fourth-order valence-electron chi connectivity index (χ4n) is 2.22. The van der Waals surface area contributed by atoms with Gasteiger partial charge in [-0.05, 0) is 43.3 Å². The molecule has 130 valence electrons. The van der Waals surface area contributed by atoms with Gasteiger partial charge in [-0.3, -0.25) is 9.59 Å². The average molecular weight is 342 g/mol. The van der Waals surface area contributed by atoms with Crippen LogP contribution in [0.2, 0.25) is 0 Å². The first-order valence-electron chi connectivity index (χ1n) is 7.60. The number of anilines is 2. The van der Waals surface area contributed by atoms with Crippen molar-refractivity contribution >= 4 is 29.3 Å². The molecule has 2 amide bonds. The summed E-state index contributed by atoms with van der Waals surface area (Å²) in [5.41, 5.74) is 2.20. The highest BCUT2D eigenvalue weighted by molar-refractivity contribution is 6.02. The van der Waals surface area contributed by atoms with Crippen molar-refractivity contribution in [1.82, 2.24) is 0 Å². The number of halogens is 1. The molecule has 0 bridgehead atoms. The number of hydrogen-bond donors (Lipinski definition) is 2. The molecule has 0 atom stereocenters. The van der Waals surface area contributed by atoms with Crippen LogP contribution >= 0.6 is 0 Å². The Morgan fingerprint density at radius 2 is 1.88 bits per heavy atom. The van der Waals surface area contributed by atoms with Crippen LogP contribution in [0.1, 0.15) is 18.1 Å². The van der Waals surface area contributed by atoms with Gasteiger partial charge in [0.1, 0.15) is 11.6 Å². The highest BCUT2D eigenvalue weighted by Crippen LogP contribution is 2.22. The standard InChI is InChI=1S/C19H19FN2O3/c1-12-4-8-18(25-3)14(10-12)5-9-19(24)22-15-6-7-16(20)17(11-15)21-13(2)23/h4-11H,1-3H3,(H,21,23)(H,22,24)/b9-5+. The maximum Gasteiger partial charge on any atom is 0.248 e. The number of rotatable bonds is 5. The summed E-state index contributed by atoms with van der Waals surface area (Å²) in [6.07, 6.45) is 3.00. The maximum atomic E-state index is 13.6. The van der Waals surface area contributed by atoms with Crippen LogP contribution in [0.25, 0.3) is 6.08 Å². The Hall–Kier alpha value is -3.15. The minimum Gasteiger partial charge on any atom is -0.496 e. The van der Waals surface area contributed by atoms with E-state index in [1.54, 1.807) is 13.2 Å². The lowest BCUT2D eigenvalue weighted by atomic mass is 10.1. The highest BCUT2D eigenvalue weighted by atomic mass is 19.1. The van der Waals surface area contributed by atoms with E-state index >= 15 is 0 Å². The quantitative estimate of drug-likeness (QED) is 0.813. The predicted octanol–water partition coefficient (Wildman–Crippen LogP) is 3.75. The Balaban J connectivity index is 2.12. The minimum atomic E-state index is -0.576. The van der Waals surface area contributed by atoms with Gasteiger partial charge in [0.15, 0.2) is 0 Å². The van der Waals surface area contributed by atoms with Gasteiger partial charge in [0.2, 0.25) is 11.8 Å². The van der Waals surface area contributed by atoms with E-state index in [-0.39, 0.29) is 11.6 Å². The van der Waals surface area contributed by atoms with Crippen LogP contribution in [-0.4, -0.2) is 18.9 Å². The number of aryl methyl sites for hydroxylation is 1. The molecule has 0 aliphatic rings. The lowest BCUT2D eigenvalue weighted by molar-refractivity contribution is -0.114. The Bertz CT molecular complexity index is 831. The first-order valence-corrected chi connectivity index (χ1v) is 7.60. The van der Waals surface area contributed by atoms with E-state index in [2.05, 4.69) is 10.6 Å². The van der Waals surface area contributed by atoms with Crippen LogP contribution in [-0.2, 0) is 9.59 Å². The number of hydrogen-bond acceptors (Lipinski definition) is 3. The molecule has 0 heterocycles. The van der Waals surface area contributed by atoms with E-state index in [1.807, 2.05) is 25.1 Å². The first-order chi connectivity index (χ1) is 11.9. The Labute approximate surface area is 145 Å². The molecule has 25 heavy (non-hydrogen) atoms. The zero-order valence-electron chi connectivity index (χ0n) is 14.2. The van der Waals surface area contributed by atoms with Crippen LogP contribution < -0.4 is 15.4 Å². The van der Waals surface area contributed by atoms with Crippen LogP contribution in [0.15, 0.2) is 42.5 Å². The van der Waals surface area contributed by atoms with Crippen LogP contribution in [0, 0.1) is 12.7 Å². The molecule has 0 radical (unpaired) electrons. The third kappa shape index (κ3) is 5.17. The van der Waals surface area contributed by atoms with Gasteiger partial charge in [-0.2, -0.15) is 0 Å². The molecule has 0 aliphatic carbocycles. The van der Waals surface area contributed by atoms with Crippen LogP contribution in [0.3, 0.4) is 0 Å². The second-order valence-electron chi connectivity index (χ2n) is 5.44. The summed E-state index contributed by atoms with van der Waals surface area (Å²) < 4.78 is 18.9. The van der Waals surface area contributed by atoms with Gasteiger partial charge in [-0.15, -0.1) is 0 Å². The average Bonchev–Trinajstić information content (AvgIpc) is 2.55. The monoisotopic (exact) mass is 342 g/mol. The van der Waals surface area contributed by atoms with Crippen molar-refractivity contribution < 1.29 is 18.7 Å². The molecule has 2 aromatic rings. The van der Waals surface area contributed by atoms with E-state index in [4.69, 9.17) is 4.74 Å². The Morgan fingerprint density at radius 1 is 1.12 bits per heavy atom. The van der Waals surface area contributed by atoms with E-state index in [0.29, 0.717) is 11.4 Å². The van der Waals surface area contributed by atoms with E-state index in [0.717, 1.165) is 11.1 Å². The molecule has 0 unspecified atom stereocenters. The maximum absolute atomic E-state index is 13.6. The van der Waals surface area contributed by atoms with Crippen molar-refractivity contribution in [3.8, 4) is 5.75 Å². The summed E-state index contributed by atoms with van der Waals surface area (Å²) in [7, 11) is 1.56. The molecule has 2 aromatic carbocycles. The number of methoxy groups -OCH3 is 1. The van der Waals surface area contributed by atoms with Crippen molar-refractivity contribution in [3.63, 3.8) is 0 Å². The molecule has 0 saturated heterocycles. The molecule has 5 nitrogen and oxygen atoms in total. The van der Waals surface area contributed by atoms with Gasteiger partial charge < -0.3 is 15.4 Å². The van der Waals surface area contributed by atoms with Gasteiger partial charge in [-0.1, -0.05) is 11.6 Å². The van der Waals surface area contributed by atoms with E-state index in [9.17, 15) is 14.0 Å². The van der Waals surface area contributed by atoms with Crippen molar-refractivity contribution in [2.75, 3.05) is 17.7 Å². The normalized spacial score (nSPS) is 10.6. The van der Waals surface area contributed by atoms with Gasteiger partial charge in [0.25, 0.3) is 0 Å². The van der Waals surface area contributed by atoms with Crippen LogP contribution in [0.5, 0.6) is 5.75 Å². The zero-order valence-corrected chi connectivity index (χ0v) is 14.2. The second-order valence-corrected chi connectivity index (χ2v) is 5.44. The smallest absolute Gasteiger partial charge is 0.248 e. The number of ether oxygens (including phenoxy) is 1. The summed E-state index contributed by atoms with van der Waals surface area (Å²) in [5, 5.41) is 4.99. The summed E-state index contributed by atoms with van der Waals surface area (Å²) in [4.78, 5) is 23.1. The van der Waals surface area contributed by atoms with E-state index < -0.39 is 11.7 Å². The van der Waals surface area contributed by atoms with Crippen LogP contribution in [0.4, 0.5) is 15.8 Å². The molecule has 0 saturated carbocycles. The molecule has 0 aliphatic heterocycles. The largest absolute Gasteiger partial charge is 0.496 e. The first kappa shape index (κ1) is 18.2. The van der Waals surface area contributed by atoms with Gasteiger partial charge >= 0.3 is 0 Å². The molecule has 0 aromatic heterocycles. The van der Waals surface area contributed by atoms with Gasteiger partial charge in [-0.25, -0.2) is 4.39 Å². The van der Waals surface area contributed by atoms with Crippen molar-refractivity contribution in [2.45, 2.75) is 13.8 Å². The van der Waals surface area contributed by atoms with Gasteiger partial charge in [0.05, 0.1) is 12.8 Å². The minimum absolute atomic E-state index is 0.00892. The Morgan fingerprint density at radius 3 is 2.56 bits per heavy atom. The molecule has 0 fully saturated rings. The van der Waals surface area contributed by atoms with Crippen molar-refractivity contribution in [3.05, 3.63) is 59.4 Å². The predicted molar refractivity (Wildman–Crippen MR) is 96.1 cm³/mol. The molecular weight excluding hydrogens is 323 g/mol. The number of amides is 2. The third-order valence-corrected chi connectivity index (χ3v) is 3.34. The number of carbonyl (C=O) groups excluding carboxylic acids is 2. The molecule has 2 rings (SSSR count). The lowest BCUT2D eigenvalue weighted by Gasteiger charge is -2.08. The van der Waals surface area contributed by atoms with E-state index in [1.165, 1.54) is 31.2 Å². The molecule has 2 N–H and O–H groups in total. The second kappa shape index (κ2) is 8.10. The number of nitrogens with one attached hydrogen (secondary N) is 2. The summed E-state index contributed by atoms with van der Waals surface area (Å²) >= 11 is 0.